The van der Waals surface area contributed by atoms with Gasteiger partial charge in [-0.3, -0.25) is 19.7 Å². The number of nitro benzene ring substituents is 1. The number of ether oxygens (including phenoxy) is 1. The van der Waals surface area contributed by atoms with Crippen molar-refractivity contribution in [3.8, 4) is 5.75 Å². The molecule has 2 N–H and O–H groups in total. The molecule has 0 aromatic heterocycles. The van der Waals surface area contributed by atoms with E-state index >= 15 is 0 Å². The summed E-state index contributed by atoms with van der Waals surface area (Å²) in [5, 5.41) is 23.6. The fourth-order valence-corrected chi connectivity index (χ4v) is 2.95. The molecule has 1 atom stereocenters. The highest BCUT2D eigenvalue weighted by Crippen LogP contribution is 2.29. The Hall–Kier alpha value is -3.42. The van der Waals surface area contributed by atoms with Gasteiger partial charge in [0.1, 0.15) is 5.41 Å². The minimum atomic E-state index is -1.30. The second kappa shape index (κ2) is 8.98. The first kappa shape index (κ1) is 20.9. The Bertz CT molecular complexity index is 868. The van der Waals surface area contributed by atoms with Crippen LogP contribution in [0.15, 0.2) is 48.5 Å². The number of amides is 1. The maximum atomic E-state index is 12.5. The number of aliphatic carboxylic acids is 1. The lowest BCUT2D eigenvalue weighted by molar-refractivity contribution is -0.385. The maximum absolute atomic E-state index is 12.5. The maximum Gasteiger partial charge on any atom is 0.315 e. The molecule has 8 nitrogen and oxygen atoms in total. The Morgan fingerprint density at radius 2 is 1.86 bits per heavy atom. The van der Waals surface area contributed by atoms with E-state index in [0.29, 0.717) is 5.56 Å². The summed E-state index contributed by atoms with van der Waals surface area (Å²) in [5.41, 5.74) is -0.993. The number of rotatable bonds is 9. The van der Waals surface area contributed by atoms with Crippen LogP contribution >= 0.6 is 0 Å². The first-order chi connectivity index (χ1) is 13.4. The summed E-state index contributed by atoms with van der Waals surface area (Å²) in [6.07, 6.45) is 0.260. The van der Waals surface area contributed by atoms with Crippen LogP contribution in [0, 0.1) is 10.1 Å². The highest BCUT2D eigenvalue weighted by molar-refractivity contribution is 5.96. The molecular formula is C20H22N2O6. The number of benzene rings is 2. The third-order valence-electron chi connectivity index (χ3n) is 4.61. The first-order valence-corrected chi connectivity index (χ1v) is 8.84. The molecular weight excluding hydrogens is 364 g/mol. The van der Waals surface area contributed by atoms with Crippen molar-refractivity contribution >= 4 is 17.6 Å². The summed E-state index contributed by atoms with van der Waals surface area (Å²) in [5.74, 6) is -1.58. The monoisotopic (exact) mass is 386 g/mol. The molecule has 0 spiro atoms. The van der Waals surface area contributed by atoms with Gasteiger partial charge in [0.2, 0.25) is 0 Å². The largest absolute Gasteiger partial charge is 0.487 e. The van der Waals surface area contributed by atoms with E-state index in [1.54, 1.807) is 44.2 Å². The molecule has 2 rings (SSSR count). The van der Waals surface area contributed by atoms with Gasteiger partial charge in [0.25, 0.3) is 5.91 Å². The van der Waals surface area contributed by atoms with E-state index in [4.69, 9.17) is 4.74 Å². The number of nitrogens with zero attached hydrogens (tertiary/aromatic N) is 1. The van der Waals surface area contributed by atoms with Crippen molar-refractivity contribution in [1.82, 2.24) is 5.32 Å². The van der Waals surface area contributed by atoms with Gasteiger partial charge in [0.15, 0.2) is 5.75 Å². The third-order valence-corrected chi connectivity index (χ3v) is 4.61. The average Bonchev–Trinajstić information content (AvgIpc) is 2.69. The molecule has 0 bridgehead atoms. The van der Waals surface area contributed by atoms with Gasteiger partial charge in [0, 0.05) is 18.2 Å². The smallest absolute Gasteiger partial charge is 0.315 e. The van der Waals surface area contributed by atoms with Gasteiger partial charge in [0.05, 0.1) is 11.5 Å². The lowest BCUT2D eigenvalue weighted by atomic mass is 9.78. The molecule has 2 aromatic rings. The van der Waals surface area contributed by atoms with Crippen LogP contribution in [-0.2, 0) is 10.2 Å². The van der Waals surface area contributed by atoms with Gasteiger partial charge >= 0.3 is 11.7 Å². The summed E-state index contributed by atoms with van der Waals surface area (Å²) >= 11 is 0. The minimum absolute atomic E-state index is 0.0543. The van der Waals surface area contributed by atoms with Crippen molar-refractivity contribution in [2.24, 2.45) is 0 Å². The summed E-state index contributed by atoms with van der Waals surface area (Å²) in [7, 11) is 0. The molecule has 1 amide bonds. The summed E-state index contributed by atoms with van der Waals surface area (Å²) in [4.78, 5) is 35.1. The Balaban J connectivity index is 2.27. The van der Waals surface area contributed by atoms with Gasteiger partial charge in [-0.05, 0) is 31.0 Å². The number of nitrogens with one attached hydrogen (secondary N) is 1. The molecule has 0 aliphatic carbocycles. The number of hydrogen-bond acceptors (Lipinski definition) is 5. The molecule has 0 aliphatic heterocycles. The number of carbonyl (C=O) groups is 2. The van der Waals surface area contributed by atoms with E-state index in [0.717, 1.165) is 6.07 Å². The van der Waals surface area contributed by atoms with Crippen molar-refractivity contribution < 1.29 is 24.4 Å². The quantitative estimate of drug-likeness (QED) is 0.505. The molecule has 0 aliphatic rings. The highest BCUT2D eigenvalue weighted by Gasteiger charge is 2.39. The normalized spacial score (nSPS) is 12.6. The number of hydrogen-bond donors (Lipinski definition) is 2. The van der Waals surface area contributed by atoms with Crippen LogP contribution in [0.25, 0.3) is 0 Å². The van der Waals surface area contributed by atoms with Crippen LogP contribution in [0.5, 0.6) is 5.75 Å². The van der Waals surface area contributed by atoms with Gasteiger partial charge in [-0.15, -0.1) is 0 Å². The summed E-state index contributed by atoms with van der Waals surface area (Å²) < 4.78 is 5.20. The number of nitro groups is 1. The van der Waals surface area contributed by atoms with E-state index in [-0.39, 0.29) is 36.6 Å². The number of carbonyl (C=O) groups excluding carboxylic acids is 1. The third kappa shape index (κ3) is 4.28. The van der Waals surface area contributed by atoms with Gasteiger partial charge in [-0.25, -0.2) is 0 Å². The Morgan fingerprint density at radius 1 is 1.18 bits per heavy atom. The average molecular weight is 386 g/mol. The van der Waals surface area contributed by atoms with Crippen LogP contribution < -0.4 is 10.1 Å². The Morgan fingerprint density at radius 3 is 2.39 bits per heavy atom. The summed E-state index contributed by atoms with van der Waals surface area (Å²) in [6, 6.07) is 12.5. The first-order valence-electron chi connectivity index (χ1n) is 8.84. The zero-order valence-electron chi connectivity index (χ0n) is 15.7. The second-order valence-corrected chi connectivity index (χ2v) is 6.16. The molecule has 0 saturated heterocycles. The lowest BCUT2D eigenvalue weighted by Crippen LogP contribution is -2.46. The van der Waals surface area contributed by atoms with Crippen molar-refractivity contribution in [2.45, 2.75) is 25.7 Å². The molecule has 0 heterocycles. The van der Waals surface area contributed by atoms with Crippen LogP contribution in [0.1, 0.15) is 36.2 Å². The fraction of sp³-hybridized carbons (Fsp3) is 0.300. The zero-order valence-corrected chi connectivity index (χ0v) is 15.7. The number of carboxylic acid groups (broad SMARTS) is 1. The zero-order chi connectivity index (χ0) is 20.7. The molecule has 148 valence electrons. The summed E-state index contributed by atoms with van der Waals surface area (Å²) in [6.45, 7) is 3.53. The van der Waals surface area contributed by atoms with Crippen LogP contribution in [0.4, 0.5) is 5.69 Å². The second-order valence-electron chi connectivity index (χ2n) is 6.16. The molecule has 2 aromatic carbocycles. The van der Waals surface area contributed by atoms with Crippen molar-refractivity contribution in [3.63, 3.8) is 0 Å². The van der Waals surface area contributed by atoms with E-state index < -0.39 is 22.2 Å². The van der Waals surface area contributed by atoms with Crippen LogP contribution in [-0.4, -0.2) is 35.1 Å². The fourth-order valence-electron chi connectivity index (χ4n) is 2.95. The predicted molar refractivity (Wildman–Crippen MR) is 103 cm³/mol. The van der Waals surface area contributed by atoms with E-state index in [1.165, 1.54) is 12.1 Å². The van der Waals surface area contributed by atoms with Crippen LogP contribution in [0.3, 0.4) is 0 Å². The molecule has 8 heteroatoms. The topological polar surface area (TPSA) is 119 Å². The van der Waals surface area contributed by atoms with E-state index in [2.05, 4.69) is 5.32 Å². The lowest BCUT2D eigenvalue weighted by Gasteiger charge is -2.29. The van der Waals surface area contributed by atoms with Gasteiger partial charge < -0.3 is 15.2 Å². The molecule has 0 saturated carbocycles. The van der Waals surface area contributed by atoms with Crippen molar-refractivity contribution in [3.05, 3.63) is 69.8 Å². The van der Waals surface area contributed by atoms with E-state index in [9.17, 15) is 24.8 Å². The van der Waals surface area contributed by atoms with Crippen molar-refractivity contribution in [1.29, 1.82) is 0 Å². The molecule has 0 radical (unpaired) electrons. The van der Waals surface area contributed by atoms with Gasteiger partial charge in [-0.2, -0.15) is 0 Å². The predicted octanol–water partition coefficient (Wildman–Crippen LogP) is 3.16. The Kier molecular flexibility index (Phi) is 6.70. The van der Waals surface area contributed by atoms with Crippen molar-refractivity contribution in [2.75, 3.05) is 13.2 Å². The standard InChI is InChI=1S/C20H22N2O6/c1-3-20(19(24)25,15-8-6-5-7-9-15)13-21-18(23)14-10-11-17(28-4-2)16(12-14)22(26)27/h5-12H,3-4,13H2,1-2H3,(H,21,23)(H,24,25). The minimum Gasteiger partial charge on any atom is -0.487 e. The molecule has 28 heavy (non-hydrogen) atoms. The van der Waals surface area contributed by atoms with E-state index in [1.807, 2.05) is 0 Å². The molecule has 1 unspecified atom stereocenters. The Labute approximate surface area is 162 Å². The van der Waals surface area contributed by atoms with Crippen LogP contribution in [0.2, 0.25) is 0 Å². The number of carboxylic acids is 1. The highest BCUT2D eigenvalue weighted by atomic mass is 16.6. The molecule has 0 fully saturated rings. The van der Waals surface area contributed by atoms with Gasteiger partial charge in [-0.1, -0.05) is 37.3 Å². The SMILES string of the molecule is CCOc1ccc(C(=O)NCC(CC)(C(=O)O)c2ccccc2)cc1[N+](=O)[O-].